The number of nitrogens with zero attached hydrogens (tertiary/aromatic N) is 3. The largest absolute Gasteiger partial charge is 0.497 e. The van der Waals surface area contributed by atoms with Crippen molar-refractivity contribution in [1.29, 1.82) is 0 Å². The summed E-state index contributed by atoms with van der Waals surface area (Å²) in [5.74, 6) is 1.42. The second-order valence-corrected chi connectivity index (χ2v) is 5.79. The number of benzene rings is 1. The van der Waals surface area contributed by atoms with E-state index in [-0.39, 0.29) is 12.0 Å². The van der Waals surface area contributed by atoms with Gasteiger partial charge in [0.05, 0.1) is 26.3 Å². The zero-order valence-electron chi connectivity index (χ0n) is 13.7. The highest BCUT2D eigenvalue weighted by Gasteiger charge is 2.25. The van der Waals surface area contributed by atoms with Crippen molar-refractivity contribution in [2.45, 2.75) is 25.4 Å². The Kier molecular flexibility index (Phi) is 5.25. The number of carbonyl (C=O) groups is 1. The molecule has 0 bridgehead atoms. The molecule has 2 heterocycles. The number of aromatic nitrogens is 2. The minimum atomic E-state index is -0.0322. The van der Waals surface area contributed by atoms with Gasteiger partial charge in [0.2, 0.25) is 11.8 Å². The van der Waals surface area contributed by atoms with Crippen molar-refractivity contribution < 1.29 is 14.3 Å². The zero-order valence-corrected chi connectivity index (χ0v) is 13.7. The predicted octanol–water partition coefficient (Wildman–Crippen LogP) is 2.10. The third kappa shape index (κ3) is 4.22. The van der Waals surface area contributed by atoms with Crippen LogP contribution in [0, 0.1) is 0 Å². The number of hydrogen-bond donors (Lipinski definition) is 0. The number of ether oxygens (including phenoxy) is 2. The normalized spacial score (nSPS) is 17.4. The average molecular weight is 327 g/mol. The first-order chi connectivity index (χ1) is 11.7. The number of rotatable bonds is 5. The Morgan fingerprint density at radius 2 is 2.12 bits per heavy atom. The monoisotopic (exact) mass is 327 g/mol. The van der Waals surface area contributed by atoms with Gasteiger partial charge in [-0.05, 0) is 30.5 Å². The number of amides is 1. The Balaban J connectivity index is 1.56. The number of methoxy groups -OCH3 is 1. The van der Waals surface area contributed by atoms with E-state index in [0.717, 1.165) is 30.7 Å². The first-order valence-electron chi connectivity index (χ1n) is 8.08. The maximum atomic E-state index is 12.5. The molecule has 1 saturated heterocycles. The second kappa shape index (κ2) is 7.77. The Labute approximate surface area is 141 Å². The molecule has 1 aliphatic rings. The van der Waals surface area contributed by atoms with Gasteiger partial charge < -0.3 is 14.4 Å². The standard InChI is InChI=1S/C18H21N3O3/c1-23-15-6-4-14(5-7-15)11-18(22)21-10-2-3-16(13-21)24-17-12-19-8-9-20-17/h4-9,12,16H,2-3,10-11,13H2,1H3. The predicted molar refractivity (Wildman–Crippen MR) is 89.0 cm³/mol. The van der Waals surface area contributed by atoms with Gasteiger partial charge in [-0.3, -0.25) is 9.78 Å². The number of likely N-dealkylation sites (tertiary alicyclic amines) is 1. The summed E-state index contributed by atoms with van der Waals surface area (Å²) in [6.45, 7) is 1.36. The molecule has 1 aromatic heterocycles. The summed E-state index contributed by atoms with van der Waals surface area (Å²) in [4.78, 5) is 22.5. The molecule has 1 aromatic carbocycles. The lowest BCUT2D eigenvalue weighted by molar-refractivity contribution is -0.133. The van der Waals surface area contributed by atoms with Crippen LogP contribution in [0.5, 0.6) is 11.6 Å². The highest BCUT2D eigenvalue weighted by atomic mass is 16.5. The topological polar surface area (TPSA) is 64.5 Å². The van der Waals surface area contributed by atoms with Gasteiger partial charge in [-0.25, -0.2) is 4.98 Å². The molecule has 1 fully saturated rings. The number of carbonyl (C=O) groups excluding carboxylic acids is 1. The summed E-state index contributed by atoms with van der Waals surface area (Å²) in [5.41, 5.74) is 0.984. The molecule has 24 heavy (non-hydrogen) atoms. The third-order valence-electron chi connectivity index (χ3n) is 4.07. The van der Waals surface area contributed by atoms with Crippen LogP contribution in [0.15, 0.2) is 42.9 Å². The lowest BCUT2D eigenvalue weighted by Gasteiger charge is -2.32. The van der Waals surface area contributed by atoms with Crippen LogP contribution in [0.1, 0.15) is 18.4 Å². The molecule has 1 unspecified atom stereocenters. The Morgan fingerprint density at radius 1 is 1.29 bits per heavy atom. The molecule has 6 heteroatoms. The van der Waals surface area contributed by atoms with Crippen LogP contribution in [0.3, 0.4) is 0 Å². The summed E-state index contributed by atoms with van der Waals surface area (Å²) in [6.07, 6.45) is 7.01. The summed E-state index contributed by atoms with van der Waals surface area (Å²) >= 11 is 0. The fraction of sp³-hybridized carbons (Fsp3) is 0.389. The van der Waals surface area contributed by atoms with E-state index in [1.54, 1.807) is 25.7 Å². The van der Waals surface area contributed by atoms with Crippen molar-refractivity contribution in [2.24, 2.45) is 0 Å². The SMILES string of the molecule is COc1ccc(CC(=O)N2CCCC(Oc3cnccn3)C2)cc1. The van der Waals surface area contributed by atoms with Crippen molar-refractivity contribution >= 4 is 5.91 Å². The quantitative estimate of drug-likeness (QED) is 0.841. The molecule has 0 spiro atoms. The van der Waals surface area contributed by atoms with Crippen LogP contribution in [0.4, 0.5) is 0 Å². The Hall–Kier alpha value is -2.63. The van der Waals surface area contributed by atoms with E-state index in [9.17, 15) is 4.79 Å². The molecule has 1 aliphatic heterocycles. The molecule has 0 radical (unpaired) electrons. The van der Waals surface area contributed by atoms with Gasteiger partial charge in [0.1, 0.15) is 11.9 Å². The molecule has 0 aliphatic carbocycles. The fourth-order valence-electron chi connectivity index (χ4n) is 2.81. The Morgan fingerprint density at radius 3 is 2.83 bits per heavy atom. The fourth-order valence-corrected chi connectivity index (χ4v) is 2.81. The van der Waals surface area contributed by atoms with Gasteiger partial charge in [-0.15, -0.1) is 0 Å². The van der Waals surface area contributed by atoms with Gasteiger partial charge in [-0.2, -0.15) is 0 Å². The highest BCUT2D eigenvalue weighted by molar-refractivity contribution is 5.79. The molecule has 1 amide bonds. The molecule has 6 nitrogen and oxygen atoms in total. The molecule has 2 aromatic rings. The lowest BCUT2D eigenvalue weighted by Crippen LogP contribution is -2.45. The molecule has 0 N–H and O–H groups in total. The van der Waals surface area contributed by atoms with E-state index >= 15 is 0 Å². The van der Waals surface area contributed by atoms with Crippen LogP contribution in [-0.4, -0.2) is 47.1 Å². The van der Waals surface area contributed by atoms with E-state index in [4.69, 9.17) is 9.47 Å². The molecular weight excluding hydrogens is 306 g/mol. The second-order valence-electron chi connectivity index (χ2n) is 5.79. The van der Waals surface area contributed by atoms with Crippen LogP contribution in [0.25, 0.3) is 0 Å². The molecular formula is C18H21N3O3. The van der Waals surface area contributed by atoms with Crippen molar-refractivity contribution in [2.75, 3.05) is 20.2 Å². The van der Waals surface area contributed by atoms with E-state index in [0.29, 0.717) is 18.8 Å². The van der Waals surface area contributed by atoms with Gasteiger partial charge in [0.15, 0.2) is 0 Å². The number of piperidine rings is 1. The zero-order chi connectivity index (χ0) is 16.8. The summed E-state index contributed by atoms with van der Waals surface area (Å²) in [6, 6.07) is 7.60. The van der Waals surface area contributed by atoms with Crippen molar-refractivity contribution in [3.63, 3.8) is 0 Å². The summed E-state index contributed by atoms with van der Waals surface area (Å²) in [5, 5.41) is 0. The van der Waals surface area contributed by atoms with Crippen LogP contribution < -0.4 is 9.47 Å². The van der Waals surface area contributed by atoms with Crippen molar-refractivity contribution in [3.05, 3.63) is 48.4 Å². The molecule has 126 valence electrons. The average Bonchev–Trinajstić information content (AvgIpc) is 2.63. The summed E-state index contributed by atoms with van der Waals surface area (Å²) < 4.78 is 11.0. The van der Waals surface area contributed by atoms with Crippen molar-refractivity contribution in [1.82, 2.24) is 14.9 Å². The van der Waals surface area contributed by atoms with E-state index in [2.05, 4.69) is 9.97 Å². The van der Waals surface area contributed by atoms with E-state index in [1.807, 2.05) is 29.2 Å². The minimum Gasteiger partial charge on any atom is -0.497 e. The maximum absolute atomic E-state index is 12.5. The lowest BCUT2D eigenvalue weighted by atomic mass is 10.1. The van der Waals surface area contributed by atoms with Gasteiger partial charge in [0.25, 0.3) is 0 Å². The Bertz CT molecular complexity index is 661. The van der Waals surface area contributed by atoms with Crippen molar-refractivity contribution in [3.8, 4) is 11.6 Å². The first-order valence-corrected chi connectivity index (χ1v) is 8.08. The van der Waals surface area contributed by atoms with Gasteiger partial charge >= 0.3 is 0 Å². The third-order valence-corrected chi connectivity index (χ3v) is 4.07. The van der Waals surface area contributed by atoms with Gasteiger partial charge in [-0.1, -0.05) is 12.1 Å². The van der Waals surface area contributed by atoms with E-state index < -0.39 is 0 Å². The molecule has 3 rings (SSSR count). The van der Waals surface area contributed by atoms with Crippen LogP contribution in [-0.2, 0) is 11.2 Å². The molecule has 0 saturated carbocycles. The van der Waals surface area contributed by atoms with E-state index in [1.165, 1.54) is 0 Å². The highest BCUT2D eigenvalue weighted by Crippen LogP contribution is 2.18. The maximum Gasteiger partial charge on any atom is 0.232 e. The van der Waals surface area contributed by atoms with Crippen LogP contribution >= 0.6 is 0 Å². The molecule has 1 atom stereocenters. The first kappa shape index (κ1) is 16.2. The summed E-state index contributed by atoms with van der Waals surface area (Å²) in [7, 11) is 1.63. The van der Waals surface area contributed by atoms with Crippen LogP contribution in [0.2, 0.25) is 0 Å². The van der Waals surface area contributed by atoms with Gasteiger partial charge in [0, 0.05) is 18.9 Å². The number of hydrogen-bond acceptors (Lipinski definition) is 5. The smallest absolute Gasteiger partial charge is 0.232 e. The minimum absolute atomic E-state index is 0.0322.